The average Bonchev–Trinajstić information content (AvgIpc) is 2.35. The van der Waals surface area contributed by atoms with Crippen LogP contribution in [0.2, 0.25) is 0 Å². The first-order valence-corrected chi connectivity index (χ1v) is 7.79. The van der Waals surface area contributed by atoms with E-state index < -0.39 is 0 Å². The number of carbonyl (C=O) groups excluding carboxylic acids is 2. The van der Waals surface area contributed by atoms with Crippen molar-refractivity contribution in [2.75, 3.05) is 26.2 Å². The van der Waals surface area contributed by atoms with Gasteiger partial charge in [-0.05, 0) is 26.7 Å². The molecular weight excluding hydrogens is 270 g/mol. The van der Waals surface area contributed by atoms with E-state index in [1.165, 1.54) is 0 Å². The normalized spacial score (nSPS) is 24.7. The van der Waals surface area contributed by atoms with Gasteiger partial charge in [-0.3, -0.25) is 14.5 Å². The molecular formula is C15H29N3O3. The van der Waals surface area contributed by atoms with Crippen LogP contribution in [0.25, 0.3) is 0 Å². The van der Waals surface area contributed by atoms with Crippen molar-refractivity contribution in [2.45, 2.75) is 52.9 Å². The molecule has 2 N–H and O–H groups in total. The Morgan fingerprint density at radius 2 is 1.76 bits per heavy atom. The Morgan fingerprint density at radius 3 is 2.24 bits per heavy atom. The smallest absolute Gasteiger partial charge is 0.239 e. The minimum absolute atomic E-state index is 0.0331. The van der Waals surface area contributed by atoms with E-state index in [2.05, 4.69) is 15.5 Å². The second kappa shape index (κ2) is 8.34. The molecule has 122 valence electrons. The van der Waals surface area contributed by atoms with Crippen molar-refractivity contribution in [3.8, 4) is 0 Å². The highest BCUT2D eigenvalue weighted by molar-refractivity contribution is 5.87. The van der Waals surface area contributed by atoms with E-state index in [-0.39, 0.29) is 42.5 Å². The van der Waals surface area contributed by atoms with E-state index in [4.69, 9.17) is 4.74 Å². The number of likely N-dealkylation sites (N-methyl/N-ethyl adjacent to an activating group) is 1. The van der Waals surface area contributed by atoms with Crippen LogP contribution >= 0.6 is 0 Å². The quantitative estimate of drug-likeness (QED) is 0.743. The van der Waals surface area contributed by atoms with Crippen molar-refractivity contribution < 1.29 is 14.3 Å². The summed E-state index contributed by atoms with van der Waals surface area (Å²) in [6.45, 7) is 12.0. The fraction of sp³-hybridized carbons (Fsp3) is 0.867. The molecule has 6 heteroatoms. The third kappa shape index (κ3) is 5.63. The minimum Gasteiger partial charge on any atom is -0.373 e. The van der Waals surface area contributed by atoms with Crippen LogP contribution in [-0.2, 0) is 14.3 Å². The molecule has 2 amide bonds. The van der Waals surface area contributed by atoms with Crippen molar-refractivity contribution in [3.63, 3.8) is 0 Å². The van der Waals surface area contributed by atoms with Crippen LogP contribution in [0.1, 0.15) is 34.6 Å². The lowest BCUT2D eigenvalue weighted by atomic mass is 9.99. The standard InChI is InChI=1S/C15H29N3O3/c1-6-16-13(19)7-17-15(20)14(10(2)3)18-8-11(4)21-12(5)9-18/h10-12,14H,6-9H2,1-5H3,(H,16,19)(H,17,20). The fourth-order valence-corrected chi connectivity index (χ4v) is 2.87. The van der Waals surface area contributed by atoms with Crippen molar-refractivity contribution in [1.82, 2.24) is 15.5 Å². The van der Waals surface area contributed by atoms with Gasteiger partial charge in [0.15, 0.2) is 0 Å². The summed E-state index contributed by atoms with van der Waals surface area (Å²) in [5.74, 6) is -0.0636. The second-order valence-electron chi connectivity index (χ2n) is 6.07. The Balaban J connectivity index is 2.63. The van der Waals surface area contributed by atoms with Crippen LogP contribution in [0.15, 0.2) is 0 Å². The number of hydrogen-bond donors (Lipinski definition) is 2. The molecule has 0 aliphatic carbocycles. The largest absolute Gasteiger partial charge is 0.373 e. The topological polar surface area (TPSA) is 70.7 Å². The number of morpholine rings is 1. The van der Waals surface area contributed by atoms with Gasteiger partial charge in [-0.25, -0.2) is 0 Å². The lowest BCUT2D eigenvalue weighted by Gasteiger charge is -2.40. The maximum absolute atomic E-state index is 12.4. The lowest BCUT2D eigenvalue weighted by Crippen LogP contribution is -2.57. The van der Waals surface area contributed by atoms with Gasteiger partial charge in [0.25, 0.3) is 0 Å². The maximum atomic E-state index is 12.4. The van der Waals surface area contributed by atoms with Crippen LogP contribution in [0.3, 0.4) is 0 Å². The van der Waals surface area contributed by atoms with E-state index in [0.717, 1.165) is 13.1 Å². The summed E-state index contributed by atoms with van der Waals surface area (Å²) in [5, 5.41) is 5.42. The first-order chi connectivity index (χ1) is 9.85. The van der Waals surface area contributed by atoms with Gasteiger partial charge in [0.05, 0.1) is 24.8 Å². The third-order valence-electron chi connectivity index (χ3n) is 3.54. The van der Waals surface area contributed by atoms with E-state index in [1.807, 2.05) is 34.6 Å². The maximum Gasteiger partial charge on any atom is 0.239 e. The molecule has 0 saturated carbocycles. The van der Waals surface area contributed by atoms with Gasteiger partial charge in [0, 0.05) is 19.6 Å². The van der Waals surface area contributed by atoms with Gasteiger partial charge < -0.3 is 15.4 Å². The van der Waals surface area contributed by atoms with Crippen LogP contribution < -0.4 is 10.6 Å². The highest BCUT2D eigenvalue weighted by Crippen LogP contribution is 2.18. The molecule has 6 nitrogen and oxygen atoms in total. The summed E-state index contributed by atoms with van der Waals surface area (Å²) in [6.07, 6.45) is 0.234. The van der Waals surface area contributed by atoms with Gasteiger partial charge in [-0.15, -0.1) is 0 Å². The molecule has 3 atom stereocenters. The van der Waals surface area contributed by atoms with E-state index in [1.54, 1.807) is 0 Å². The molecule has 1 saturated heterocycles. The molecule has 1 heterocycles. The van der Waals surface area contributed by atoms with Crippen LogP contribution in [0, 0.1) is 5.92 Å². The van der Waals surface area contributed by atoms with Crippen molar-refractivity contribution in [2.24, 2.45) is 5.92 Å². The highest BCUT2D eigenvalue weighted by atomic mass is 16.5. The summed E-state index contributed by atoms with van der Waals surface area (Å²) in [4.78, 5) is 26.1. The summed E-state index contributed by atoms with van der Waals surface area (Å²) in [5.41, 5.74) is 0. The zero-order valence-electron chi connectivity index (χ0n) is 13.8. The molecule has 0 aromatic carbocycles. The predicted molar refractivity (Wildman–Crippen MR) is 81.9 cm³/mol. The average molecular weight is 299 g/mol. The zero-order valence-corrected chi connectivity index (χ0v) is 13.8. The SMILES string of the molecule is CCNC(=O)CNC(=O)C(C(C)C)N1CC(C)OC(C)C1. The molecule has 21 heavy (non-hydrogen) atoms. The van der Waals surface area contributed by atoms with E-state index in [0.29, 0.717) is 6.54 Å². The van der Waals surface area contributed by atoms with Gasteiger partial charge in [0.1, 0.15) is 0 Å². The van der Waals surface area contributed by atoms with Gasteiger partial charge >= 0.3 is 0 Å². The van der Waals surface area contributed by atoms with Crippen molar-refractivity contribution >= 4 is 11.8 Å². The Bertz CT molecular complexity index is 350. The monoisotopic (exact) mass is 299 g/mol. The van der Waals surface area contributed by atoms with Crippen LogP contribution in [0.5, 0.6) is 0 Å². The van der Waals surface area contributed by atoms with Gasteiger partial charge in [-0.2, -0.15) is 0 Å². The molecule has 1 rings (SSSR count). The minimum atomic E-state index is -0.228. The number of ether oxygens (including phenoxy) is 1. The van der Waals surface area contributed by atoms with Crippen LogP contribution in [0.4, 0.5) is 0 Å². The molecule has 1 aliphatic rings. The lowest BCUT2D eigenvalue weighted by molar-refractivity contribution is -0.137. The number of amides is 2. The summed E-state index contributed by atoms with van der Waals surface area (Å²) < 4.78 is 5.72. The van der Waals surface area contributed by atoms with E-state index >= 15 is 0 Å². The number of nitrogens with zero attached hydrogens (tertiary/aromatic N) is 1. The number of carbonyl (C=O) groups is 2. The first kappa shape index (κ1) is 17.9. The van der Waals surface area contributed by atoms with E-state index in [9.17, 15) is 9.59 Å². The summed E-state index contributed by atoms with van der Waals surface area (Å²) in [7, 11) is 0. The molecule has 1 fully saturated rings. The van der Waals surface area contributed by atoms with Gasteiger partial charge in [0.2, 0.25) is 11.8 Å². The number of hydrogen-bond acceptors (Lipinski definition) is 4. The number of nitrogens with one attached hydrogen (secondary N) is 2. The van der Waals surface area contributed by atoms with Crippen molar-refractivity contribution in [1.29, 1.82) is 0 Å². The highest BCUT2D eigenvalue weighted by Gasteiger charge is 2.34. The predicted octanol–water partition coefficient (Wildman–Crippen LogP) is 0.373. The number of rotatable bonds is 6. The second-order valence-corrected chi connectivity index (χ2v) is 6.07. The Labute approximate surface area is 127 Å². The summed E-state index contributed by atoms with van der Waals surface area (Å²) >= 11 is 0. The Hall–Kier alpha value is -1.14. The molecule has 0 aromatic rings. The Morgan fingerprint density at radius 1 is 1.19 bits per heavy atom. The van der Waals surface area contributed by atoms with Crippen molar-refractivity contribution in [3.05, 3.63) is 0 Å². The third-order valence-corrected chi connectivity index (χ3v) is 3.54. The first-order valence-electron chi connectivity index (χ1n) is 7.79. The van der Waals surface area contributed by atoms with Crippen LogP contribution in [-0.4, -0.2) is 61.1 Å². The molecule has 0 aromatic heterocycles. The Kier molecular flexibility index (Phi) is 7.11. The molecule has 0 bridgehead atoms. The fourth-order valence-electron chi connectivity index (χ4n) is 2.87. The molecule has 1 aliphatic heterocycles. The zero-order chi connectivity index (χ0) is 16.0. The van der Waals surface area contributed by atoms with Gasteiger partial charge in [-0.1, -0.05) is 13.8 Å². The summed E-state index contributed by atoms with van der Waals surface area (Å²) in [6, 6.07) is -0.228. The molecule has 0 radical (unpaired) electrons. The molecule has 0 spiro atoms. The molecule has 3 unspecified atom stereocenters.